The molecule has 1 aliphatic rings. The molecule has 0 bridgehead atoms. The van der Waals surface area contributed by atoms with E-state index in [0.29, 0.717) is 38.1 Å². The molecule has 0 spiro atoms. The van der Waals surface area contributed by atoms with Crippen molar-refractivity contribution in [1.29, 1.82) is 0 Å². The summed E-state index contributed by atoms with van der Waals surface area (Å²) in [5.74, 6) is -7.27. The molecule has 0 atom stereocenters. The molecule has 1 saturated heterocycles. The van der Waals surface area contributed by atoms with Crippen LogP contribution in [-0.4, -0.2) is 49.5 Å². The van der Waals surface area contributed by atoms with Crippen molar-refractivity contribution < 1.29 is 30.8 Å². The molecule has 2 N–H and O–H groups in total. The Kier molecular flexibility index (Phi) is 6.18. The molecule has 170 valence electrons. The van der Waals surface area contributed by atoms with Gasteiger partial charge in [0.1, 0.15) is 10.6 Å². The van der Waals surface area contributed by atoms with Gasteiger partial charge in [0, 0.05) is 36.6 Å². The van der Waals surface area contributed by atoms with Crippen LogP contribution in [-0.2, 0) is 17.1 Å². The number of amides is 1. The van der Waals surface area contributed by atoms with Gasteiger partial charge in [-0.1, -0.05) is 0 Å². The molecule has 1 aliphatic heterocycles. The van der Waals surface area contributed by atoms with Crippen LogP contribution in [0.2, 0.25) is 0 Å². The van der Waals surface area contributed by atoms with Crippen molar-refractivity contribution in [2.75, 3.05) is 25.5 Å². The lowest BCUT2D eigenvalue weighted by atomic mass is 9.91. The summed E-state index contributed by atoms with van der Waals surface area (Å²) in [6.07, 6.45) is 1.98. The monoisotopic (exact) mass is 462 g/mol. The fourth-order valence-electron chi connectivity index (χ4n) is 3.43. The second-order valence-electron chi connectivity index (χ2n) is 7.94. The first-order valence-corrected chi connectivity index (χ1v) is 10.8. The van der Waals surface area contributed by atoms with Gasteiger partial charge < -0.3 is 14.8 Å². The second kappa shape index (κ2) is 8.24. The Hall–Kier alpha value is -2.44. The summed E-state index contributed by atoms with van der Waals surface area (Å²) in [4.78, 5) is 13.8. The minimum Gasteiger partial charge on any atom is -0.343 e. The molecule has 1 amide bonds. The van der Waals surface area contributed by atoms with Crippen molar-refractivity contribution in [3.05, 3.63) is 47.3 Å². The number of carbonyl (C=O) groups excluding carboxylic acids is 1. The van der Waals surface area contributed by atoms with Gasteiger partial charge in [0.2, 0.25) is 10.0 Å². The molecule has 12 heteroatoms. The number of piperidine rings is 1. The number of carbonyl (C=O) groups is 1. The number of nitrogens with one attached hydrogen (secondary N) is 2. The van der Waals surface area contributed by atoms with Crippen LogP contribution in [0.3, 0.4) is 0 Å². The highest BCUT2D eigenvalue weighted by atomic mass is 32.2. The smallest absolute Gasteiger partial charge is 0.275 e. The zero-order valence-corrected chi connectivity index (χ0v) is 17.9. The van der Waals surface area contributed by atoms with Crippen LogP contribution in [0.1, 0.15) is 30.3 Å². The highest BCUT2D eigenvalue weighted by molar-refractivity contribution is 7.89. The molecule has 1 aromatic carbocycles. The van der Waals surface area contributed by atoms with Crippen LogP contribution in [0.25, 0.3) is 0 Å². The standard InChI is InChI=1S/C19H22F4N4O3S/c1-19(4-6-26(2)7-5-19)25-31(29,30)14-10-27(3)17(16(14)23)18(28)24-11-8-12(20)15(22)13(21)9-11/h8-10,25H,4-7H2,1-3H3,(H,24,28). The number of likely N-dealkylation sites (tertiary alicyclic amines) is 1. The third-order valence-corrected chi connectivity index (χ3v) is 6.93. The molecular formula is C19H22F4N4O3S. The fourth-order valence-corrected chi connectivity index (χ4v) is 5.02. The Morgan fingerprint density at radius 2 is 1.58 bits per heavy atom. The molecule has 7 nitrogen and oxygen atoms in total. The van der Waals surface area contributed by atoms with E-state index in [1.54, 1.807) is 6.92 Å². The Morgan fingerprint density at radius 3 is 2.13 bits per heavy atom. The Morgan fingerprint density at radius 1 is 1.03 bits per heavy atom. The number of aryl methyl sites for hydroxylation is 1. The first-order chi connectivity index (χ1) is 14.3. The number of anilines is 1. The third kappa shape index (κ3) is 4.75. The van der Waals surface area contributed by atoms with Gasteiger partial charge in [-0.3, -0.25) is 4.79 Å². The molecule has 2 aromatic rings. The van der Waals surface area contributed by atoms with Crippen LogP contribution in [0.4, 0.5) is 23.2 Å². The topological polar surface area (TPSA) is 83.4 Å². The number of sulfonamides is 1. The van der Waals surface area contributed by atoms with Crippen molar-refractivity contribution in [3.8, 4) is 0 Å². The molecule has 1 fully saturated rings. The van der Waals surface area contributed by atoms with Gasteiger partial charge in [-0.25, -0.2) is 30.7 Å². The summed E-state index contributed by atoms with van der Waals surface area (Å²) in [6, 6.07) is 1.05. The molecule has 2 heterocycles. The number of nitrogens with zero attached hydrogens (tertiary/aromatic N) is 2. The van der Waals surface area contributed by atoms with Crippen molar-refractivity contribution in [2.45, 2.75) is 30.2 Å². The number of benzene rings is 1. The van der Waals surface area contributed by atoms with Crippen molar-refractivity contribution >= 4 is 21.6 Å². The SMILES string of the molecule is CN1CCC(C)(NS(=O)(=O)c2cn(C)c(C(=O)Nc3cc(F)c(F)c(F)c3)c2F)CC1. The minimum atomic E-state index is -4.31. The highest BCUT2D eigenvalue weighted by Gasteiger charge is 2.36. The van der Waals surface area contributed by atoms with Gasteiger partial charge in [-0.2, -0.15) is 0 Å². The number of rotatable bonds is 5. The summed E-state index contributed by atoms with van der Waals surface area (Å²) < 4.78 is 83.9. The maximum Gasteiger partial charge on any atom is 0.275 e. The van der Waals surface area contributed by atoms with Crippen molar-refractivity contribution in [2.24, 2.45) is 7.05 Å². The predicted octanol–water partition coefficient (Wildman–Crippen LogP) is 2.60. The van der Waals surface area contributed by atoms with Crippen molar-refractivity contribution in [1.82, 2.24) is 14.2 Å². The minimum absolute atomic E-state index is 0.455. The predicted molar refractivity (Wildman–Crippen MR) is 105 cm³/mol. The van der Waals surface area contributed by atoms with E-state index in [-0.39, 0.29) is 0 Å². The van der Waals surface area contributed by atoms with Gasteiger partial charge in [0.05, 0.1) is 0 Å². The van der Waals surface area contributed by atoms with E-state index in [1.165, 1.54) is 7.05 Å². The van der Waals surface area contributed by atoms with E-state index in [1.807, 2.05) is 17.3 Å². The Labute approximate surface area is 177 Å². The number of aromatic nitrogens is 1. The second-order valence-corrected chi connectivity index (χ2v) is 9.60. The largest absolute Gasteiger partial charge is 0.343 e. The Balaban J connectivity index is 1.87. The molecule has 1 aromatic heterocycles. The fraction of sp³-hybridized carbons (Fsp3) is 0.421. The zero-order chi connectivity index (χ0) is 23.1. The van der Waals surface area contributed by atoms with Crippen LogP contribution >= 0.6 is 0 Å². The van der Waals surface area contributed by atoms with Crippen LogP contribution in [0.5, 0.6) is 0 Å². The zero-order valence-electron chi connectivity index (χ0n) is 17.1. The molecule has 0 unspecified atom stereocenters. The molecule has 0 aliphatic carbocycles. The van der Waals surface area contributed by atoms with Gasteiger partial charge in [-0.05, 0) is 39.9 Å². The van der Waals surface area contributed by atoms with E-state index in [4.69, 9.17) is 0 Å². The average Bonchev–Trinajstić information content (AvgIpc) is 2.97. The molecular weight excluding hydrogens is 440 g/mol. The molecule has 0 saturated carbocycles. The van der Waals surface area contributed by atoms with E-state index in [2.05, 4.69) is 4.72 Å². The van der Waals surface area contributed by atoms with Gasteiger partial charge >= 0.3 is 0 Å². The Bertz CT molecular complexity index is 1100. The maximum atomic E-state index is 15.0. The van der Waals surface area contributed by atoms with Crippen LogP contribution in [0.15, 0.2) is 23.2 Å². The third-order valence-electron chi connectivity index (χ3n) is 5.31. The van der Waals surface area contributed by atoms with Crippen LogP contribution < -0.4 is 10.0 Å². The summed E-state index contributed by atoms with van der Waals surface area (Å²) in [5, 5.41) is 2.04. The first-order valence-electron chi connectivity index (χ1n) is 9.36. The van der Waals surface area contributed by atoms with Crippen LogP contribution in [0, 0.1) is 23.3 Å². The van der Waals surface area contributed by atoms with Gasteiger partial charge in [-0.15, -0.1) is 0 Å². The lowest BCUT2D eigenvalue weighted by Crippen LogP contribution is -2.52. The van der Waals surface area contributed by atoms with Crippen molar-refractivity contribution in [3.63, 3.8) is 0 Å². The molecule has 3 rings (SSSR count). The summed E-state index contributed by atoms with van der Waals surface area (Å²) >= 11 is 0. The summed E-state index contributed by atoms with van der Waals surface area (Å²) in [6.45, 7) is 3.05. The van der Waals surface area contributed by atoms with E-state index >= 15 is 0 Å². The quantitative estimate of drug-likeness (QED) is 0.529. The lowest BCUT2D eigenvalue weighted by Gasteiger charge is -2.38. The number of halogens is 4. The number of hydrogen-bond acceptors (Lipinski definition) is 4. The maximum absolute atomic E-state index is 15.0. The first kappa shape index (κ1) is 23.2. The van der Waals surface area contributed by atoms with Gasteiger partial charge in [0.15, 0.2) is 23.3 Å². The van der Waals surface area contributed by atoms with E-state index < -0.39 is 61.0 Å². The van der Waals surface area contributed by atoms with E-state index in [9.17, 15) is 30.8 Å². The average molecular weight is 462 g/mol. The lowest BCUT2D eigenvalue weighted by molar-refractivity contribution is 0.101. The number of hydrogen-bond donors (Lipinski definition) is 2. The van der Waals surface area contributed by atoms with E-state index in [0.717, 1.165) is 10.8 Å². The molecule has 0 radical (unpaired) electrons. The summed E-state index contributed by atoms with van der Waals surface area (Å²) in [7, 11) is -1.15. The molecule has 31 heavy (non-hydrogen) atoms. The highest BCUT2D eigenvalue weighted by Crippen LogP contribution is 2.27. The summed E-state index contributed by atoms with van der Waals surface area (Å²) in [5.41, 5.74) is -1.90. The van der Waals surface area contributed by atoms with Gasteiger partial charge in [0.25, 0.3) is 5.91 Å². The normalized spacial score (nSPS) is 17.0.